The van der Waals surface area contributed by atoms with Crippen LogP contribution in [0.25, 0.3) is 0 Å². The van der Waals surface area contributed by atoms with E-state index in [1.54, 1.807) is 0 Å². The Labute approximate surface area is 150 Å². The number of hydrogen-bond donors (Lipinski definition) is 1. The summed E-state index contributed by atoms with van der Waals surface area (Å²) in [5.74, 6) is 0.135. The first-order valence-corrected chi connectivity index (χ1v) is 8.67. The van der Waals surface area contributed by atoms with E-state index in [1.807, 2.05) is 23.1 Å². The molecule has 24 heavy (non-hydrogen) atoms. The Morgan fingerprint density at radius 1 is 1.17 bits per heavy atom. The first-order valence-electron chi connectivity index (χ1n) is 8.67. The molecule has 0 radical (unpaired) electrons. The number of piperazine rings is 1. The minimum Gasteiger partial charge on any atom is -0.371 e. The minimum absolute atomic E-state index is 0. The van der Waals surface area contributed by atoms with Crippen LogP contribution in [0.3, 0.4) is 0 Å². The zero-order chi connectivity index (χ0) is 15.9. The van der Waals surface area contributed by atoms with Gasteiger partial charge < -0.3 is 15.0 Å². The number of benzene rings is 1. The van der Waals surface area contributed by atoms with Gasteiger partial charge in [-0.25, -0.2) is 0 Å². The highest BCUT2D eigenvalue weighted by Gasteiger charge is 2.30. The Balaban J connectivity index is 0.00000208. The maximum atomic E-state index is 12.3. The quantitative estimate of drug-likeness (QED) is 0.780. The zero-order valence-corrected chi connectivity index (χ0v) is 15.0. The van der Waals surface area contributed by atoms with E-state index in [0.717, 1.165) is 52.1 Å². The average molecular weight is 354 g/mol. The lowest BCUT2D eigenvalue weighted by Gasteiger charge is -2.32. The van der Waals surface area contributed by atoms with E-state index >= 15 is 0 Å². The molecule has 1 N–H and O–H groups in total. The minimum atomic E-state index is 0. The Bertz CT molecular complexity index is 494. The van der Waals surface area contributed by atoms with E-state index in [0.29, 0.717) is 12.6 Å². The van der Waals surface area contributed by atoms with Crippen LogP contribution >= 0.6 is 12.4 Å². The molecule has 2 saturated heterocycles. The predicted molar refractivity (Wildman–Crippen MR) is 97.6 cm³/mol. The molecule has 3 rings (SSSR count). The topological polar surface area (TPSA) is 44.8 Å². The Hall–Kier alpha value is -1.14. The fourth-order valence-corrected chi connectivity index (χ4v) is 3.40. The second kappa shape index (κ2) is 9.99. The molecule has 1 aromatic rings. The highest BCUT2D eigenvalue weighted by atomic mass is 35.5. The van der Waals surface area contributed by atoms with Crippen molar-refractivity contribution in [3.63, 3.8) is 0 Å². The maximum absolute atomic E-state index is 12.3. The van der Waals surface area contributed by atoms with Crippen molar-refractivity contribution in [2.24, 2.45) is 0 Å². The molecule has 1 amide bonds. The Morgan fingerprint density at radius 3 is 2.67 bits per heavy atom. The van der Waals surface area contributed by atoms with Crippen molar-refractivity contribution in [2.45, 2.75) is 18.9 Å². The van der Waals surface area contributed by atoms with Gasteiger partial charge in [-0.1, -0.05) is 30.3 Å². The third kappa shape index (κ3) is 5.45. The molecule has 2 aliphatic heterocycles. The summed E-state index contributed by atoms with van der Waals surface area (Å²) in [6, 6.07) is 10.8. The number of nitrogens with one attached hydrogen (secondary N) is 1. The fraction of sp³-hybridized carbons (Fsp3) is 0.611. The number of hydrogen-bond acceptors (Lipinski definition) is 4. The highest BCUT2D eigenvalue weighted by molar-refractivity contribution is 5.85. The summed E-state index contributed by atoms with van der Waals surface area (Å²) in [4.78, 5) is 16.7. The van der Waals surface area contributed by atoms with Crippen LogP contribution in [0.4, 0.5) is 0 Å². The molecule has 0 bridgehead atoms. The molecule has 2 fully saturated rings. The summed E-state index contributed by atoms with van der Waals surface area (Å²) in [6.45, 7) is 6.86. The Kier molecular flexibility index (Phi) is 7.99. The molecule has 0 saturated carbocycles. The lowest BCUT2D eigenvalue weighted by atomic mass is 10.2. The number of halogens is 1. The lowest BCUT2D eigenvalue weighted by molar-refractivity contribution is -0.135. The predicted octanol–water partition coefficient (Wildman–Crippen LogP) is 1.17. The summed E-state index contributed by atoms with van der Waals surface area (Å²) in [7, 11) is 0. The van der Waals surface area contributed by atoms with Gasteiger partial charge in [-0.05, 0) is 18.4 Å². The van der Waals surface area contributed by atoms with Crippen LogP contribution in [0.2, 0.25) is 0 Å². The molecular weight excluding hydrogens is 326 g/mol. The van der Waals surface area contributed by atoms with Crippen LogP contribution < -0.4 is 5.32 Å². The van der Waals surface area contributed by atoms with Gasteiger partial charge in [-0.3, -0.25) is 9.69 Å². The number of ether oxygens (including phenoxy) is 1. The van der Waals surface area contributed by atoms with Crippen LogP contribution in [-0.2, 0) is 16.0 Å². The van der Waals surface area contributed by atoms with Gasteiger partial charge in [0.15, 0.2) is 0 Å². The normalized spacial score (nSPS) is 21.5. The largest absolute Gasteiger partial charge is 0.371 e. The van der Waals surface area contributed by atoms with E-state index in [2.05, 4.69) is 22.3 Å². The fourth-order valence-electron chi connectivity index (χ4n) is 3.40. The molecule has 134 valence electrons. The van der Waals surface area contributed by atoms with Crippen molar-refractivity contribution in [3.8, 4) is 0 Å². The number of amides is 1. The number of rotatable bonds is 6. The first kappa shape index (κ1) is 19.2. The van der Waals surface area contributed by atoms with Crippen molar-refractivity contribution < 1.29 is 9.53 Å². The number of carbonyl (C=O) groups excluding carboxylic acids is 1. The van der Waals surface area contributed by atoms with Gasteiger partial charge in [0.05, 0.1) is 6.61 Å². The van der Waals surface area contributed by atoms with Gasteiger partial charge in [-0.2, -0.15) is 0 Å². The molecule has 1 unspecified atom stereocenters. The van der Waals surface area contributed by atoms with Crippen molar-refractivity contribution >= 4 is 18.3 Å². The monoisotopic (exact) mass is 353 g/mol. The summed E-state index contributed by atoms with van der Waals surface area (Å²) >= 11 is 0. The summed E-state index contributed by atoms with van der Waals surface area (Å²) in [5, 5.41) is 3.38. The molecule has 0 aliphatic carbocycles. The third-order valence-electron chi connectivity index (χ3n) is 4.79. The number of nitrogens with zero attached hydrogens (tertiary/aromatic N) is 2. The second-order valence-electron chi connectivity index (χ2n) is 6.36. The van der Waals surface area contributed by atoms with Gasteiger partial charge in [0.2, 0.25) is 5.91 Å². The first-order chi connectivity index (χ1) is 11.3. The van der Waals surface area contributed by atoms with Crippen LogP contribution in [0.1, 0.15) is 12.0 Å². The van der Waals surface area contributed by atoms with Crippen molar-refractivity contribution in [1.82, 2.24) is 15.1 Å². The lowest BCUT2D eigenvalue weighted by Crippen LogP contribution is -2.49. The molecule has 5 nitrogen and oxygen atoms in total. The maximum Gasteiger partial charge on any atom is 0.248 e. The van der Waals surface area contributed by atoms with E-state index in [-0.39, 0.29) is 24.9 Å². The van der Waals surface area contributed by atoms with E-state index in [9.17, 15) is 4.79 Å². The smallest absolute Gasteiger partial charge is 0.248 e. The molecule has 1 aromatic carbocycles. The molecule has 0 spiro atoms. The van der Waals surface area contributed by atoms with Crippen LogP contribution in [0.5, 0.6) is 0 Å². The van der Waals surface area contributed by atoms with Gasteiger partial charge in [0.25, 0.3) is 0 Å². The highest BCUT2D eigenvalue weighted by Crippen LogP contribution is 2.16. The summed E-state index contributed by atoms with van der Waals surface area (Å²) in [6.07, 6.45) is 1.95. The van der Waals surface area contributed by atoms with E-state index < -0.39 is 0 Å². The van der Waals surface area contributed by atoms with Gasteiger partial charge in [0.1, 0.15) is 6.61 Å². The standard InChI is InChI=1S/C18H27N3O2.ClH/c22-18(15-23-13-7-16-4-2-1-3-5-16)21-10-6-17(14-21)20-11-8-19-9-12-20;/h1-5,17,19H,6-15H2;1H. The summed E-state index contributed by atoms with van der Waals surface area (Å²) in [5.41, 5.74) is 1.25. The second-order valence-corrected chi connectivity index (χ2v) is 6.36. The van der Waals surface area contributed by atoms with Crippen LogP contribution in [0.15, 0.2) is 30.3 Å². The van der Waals surface area contributed by atoms with E-state index in [4.69, 9.17) is 4.74 Å². The van der Waals surface area contributed by atoms with Crippen molar-refractivity contribution in [3.05, 3.63) is 35.9 Å². The average Bonchev–Trinajstić information content (AvgIpc) is 3.10. The van der Waals surface area contributed by atoms with Crippen LogP contribution in [0, 0.1) is 0 Å². The molecule has 1 atom stereocenters. The zero-order valence-electron chi connectivity index (χ0n) is 14.2. The molecule has 2 aliphatic rings. The molecular formula is C18H28ClN3O2. The number of carbonyl (C=O) groups is 1. The Morgan fingerprint density at radius 2 is 1.92 bits per heavy atom. The van der Waals surface area contributed by atoms with Gasteiger partial charge in [0, 0.05) is 45.3 Å². The SMILES string of the molecule is Cl.O=C(COCCc1ccccc1)N1CCC(N2CCNCC2)C1. The van der Waals surface area contributed by atoms with Crippen molar-refractivity contribution in [1.29, 1.82) is 0 Å². The van der Waals surface area contributed by atoms with Gasteiger partial charge >= 0.3 is 0 Å². The summed E-state index contributed by atoms with van der Waals surface area (Å²) < 4.78 is 5.58. The van der Waals surface area contributed by atoms with Gasteiger partial charge in [-0.15, -0.1) is 12.4 Å². The van der Waals surface area contributed by atoms with Crippen molar-refractivity contribution in [2.75, 3.05) is 52.5 Å². The van der Waals surface area contributed by atoms with Crippen LogP contribution in [-0.4, -0.2) is 74.2 Å². The molecule has 2 heterocycles. The molecule has 6 heteroatoms. The molecule has 0 aromatic heterocycles. The number of likely N-dealkylation sites (tertiary alicyclic amines) is 1. The van der Waals surface area contributed by atoms with E-state index in [1.165, 1.54) is 5.56 Å². The third-order valence-corrected chi connectivity index (χ3v) is 4.79.